The predicted octanol–water partition coefficient (Wildman–Crippen LogP) is 1.95. The van der Waals surface area contributed by atoms with Crippen LogP contribution in [0.15, 0.2) is 12.2 Å². The first kappa shape index (κ1) is 20.0. The lowest BCUT2D eigenvalue weighted by Crippen LogP contribution is -2.67. The van der Waals surface area contributed by atoms with Gasteiger partial charge in [-0.15, -0.1) is 0 Å². The van der Waals surface area contributed by atoms with Gasteiger partial charge < -0.3 is 9.47 Å². The molecule has 1 amide bonds. The van der Waals surface area contributed by atoms with E-state index in [2.05, 4.69) is 16.1 Å². The second-order valence-corrected chi connectivity index (χ2v) is 5.98. The third-order valence-corrected chi connectivity index (χ3v) is 4.37. The van der Waals surface area contributed by atoms with E-state index in [-0.39, 0.29) is 5.57 Å². The third kappa shape index (κ3) is 2.53. The van der Waals surface area contributed by atoms with Gasteiger partial charge in [0, 0.05) is 5.92 Å². The fraction of sp³-hybridized carbons (Fsp3) is 0.643. The van der Waals surface area contributed by atoms with Crippen molar-refractivity contribution in [2.75, 3.05) is 7.11 Å². The zero-order valence-corrected chi connectivity index (χ0v) is 13.4. The Morgan fingerprint density at radius 3 is 2.12 bits per heavy atom. The molecule has 12 heteroatoms. The Balaban J connectivity index is 2.67. The number of alkyl halides is 6. The molecule has 2 rings (SSSR count). The molecule has 0 spiro atoms. The molecule has 0 aromatic heterocycles. The molecule has 2 saturated heterocycles. The first-order valence-electron chi connectivity index (χ1n) is 7.12. The van der Waals surface area contributed by atoms with E-state index in [1.54, 1.807) is 0 Å². The molecule has 0 saturated carbocycles. The van der Waals surface area contributed by atoms with E-state index in [0.29, 0.717) is 0 Å². The van der Waals surface area contributed by atoms with Crippen molar-refractivity contribution < 1.29 is 50.2 Å². The van der Waals surface area contributed by atoms with Gasteiger partial charge in [0.1, 0.15) is 6.04 Å². The standard InChI is InChI=1S/C14H13F6NO5/c1-5(2)8-6(4-7(22)25-3)9-11(24)26-12(13(15,16)17,14(18,19)20)21(9)10(8)23/h6,8-9H,1,4H2,2-3H3. The van der Waals surface area contributed by atoms with Crippen LogP contribution in [0.3, 0.4) is 0 Å². The van der Waals surface area contributed by atoms with Crippen molar-refractivity contribution in [3.05, 3.63) is 12.2 Å². The van der Waals surface area contributed by atoms with E-state index in [0.717, 1.165) is 7.11 Å². The number of ether oxygens (including phenoxy) is 2. The van der Waals surface area contributed by atoms with Gasteiger partial charge in [-0.05, 0) is 6.92 Å². The number of methoxy groups -OCH3 is 1. The van der Waals surface area contributed by atoms with Gasteiger partial charge in [-0.2, -0.15) is 26.3 Å². The second kappa shape index (κ2) is 5.88. The number of carbonyl (C=O) groups is 3. The molecule has 0 bridgehead atoms. The van der Waals surface area contributed by atoms with Crippen molar-refractivity contribution in [1.29, 1.82) is 0 Å². The highest BCUT2D eigenvalue weighted by atomic mass is 19.4. The van der Waals surface area contributed by atoms with Gasteiger partial charge >= 0.3 is 30.0 Å². The molecule has 146 valence electrons. The quantitative estimate of drug-likeness (QED) is 0.419. The summed E-state index contributed by atoms with van der Waals surface area (Å²) in [7, 11) is 0.940. The molecule has 2 fully saturated rings. The molecule has 0 radical (unpaired) electrons. The van der Waals surface area contributed by atoms with Crippen LogP contribution in [0.5, 0.6) is 0 Å². The van der Waals surface area contributed by atoms with Crippen LogP contribution in [-0.2, 0) is 23.9 Å². The fourth-order valence-corrected chi connectivity index (χ4v) is 3.36. The van der Waals surface area contributed by atoms with E-state index in [1.807, 2.05) is 0 Å². The van der Waals surface area contributed by atoms with Gasteiger partial charge in [0.25, 0.3) is 0 Å². The molecule has 26 heavy (non-hydrogen) atoms. The lowest BCUT2D eigenvalue weighted by molar-refractivity contribution is -0.394. The minimum absolute atomic E-state index is 0.0932. The molecule has 2 aliphatic rings. The van der Waals surface area contributed by atoms with Crippen molar-refractivity contribution in [3.63, 3.8) is 0 Å². The van der Waals surface area contributed by atoms with Gasteiger partial charge in [-0.3, -0.25) is 14.5 Å². The Bertz CT molecular complexity index is 656. The molecular weight excluding hydrogens is 376 g/mol. The van der Waals surface area contributed by atoms with Crippen LogP contribution in [0.2, 0.25) is 0 Å². The molecule has 0 N–H and O–H groups in total. The minimum Gasteiger partial charge on any atom is -0.469 e. The Morgan fingerprint density at radius 1 is 1.23 bits per heavy atom. The molecule has 0 aromatic rings. The van der Waals surface area contributed by atoms with Crippen LogP contribution in [0.25, 0.3) is 0 Å². The van der Waals surface area contributed by atoms with E-state index in [9.17, 15) is 40.7 Å². The van der Waals surface area contributed by atoms with E-state index >= 15 is 0 Å². The lowest BCUT2D eigenvalue weighted by Gasteiger charge is -2.37. The summed E-state index contributed by atoms with van der Waals surface area (Å²) >= 11 is 0. The molecule has 3 atom stereocenters. The lowest BCUT2D eigenvalue weighted by atomic mass is 9.83. The normalized spacial score (nSPS) is 28.0. The number of hydrogen-bond donors (Lipinski definition) is 0. The number of halogens is 6. The van der Waals surface area contributed by atoms with Crippen LogP contribution < -0.4 is 0 Å². The van der Waals surface area contributed by atoms with Crippen molar-refractivity contribution in [2.24, 2.45) is 11.8 Å². The van der Waals surface area contributed by atoms with Crippen LogP contribution in [0, 0.1) is 11.8 Å². The summed E-state index contributed by atoms with van der Waals surface area (Å²) in [6, 6.07) is -2.24. The summed E-state index contributed by atoms with van der Waals surface area (Å²) in [5, 5.41) is 0. The highest BCUT2D eigenvalue weighted by molar-refractivity contribution is 5.96. The van der Waals surface area contributed by atoms with Gasteiger partial charge in [-0.25, -0.2) is 4.79 Å². The molecule has 3 unspecified atom stereocenters. The number of fused-ring (bicyclic) bond motifs is 1. The maximum atomic E-state index is 13.4. The maximum Gasteiger partial charge on any atom is 0.458 e. The van der Waals surface area contributed by atoms with E-state index in [1.165, 1.54) is 6.92 Å². The van der Waals surface area contributed by atoms with Gasteiger partial charge in [0.05, 0.1) is 19.4 Å². The molecule has 0 aliphatic carbocycles. The van der Waals surface area contributed by atoms with Crippen molar-refractivity contribution in [1.82, 2.24) is 4.90 Å². The average Bonchev–Trinajstić information content (AvgIpc) is 2.93. The summed E-state index contributed by atoms with van der Waals surface area (Å²) in [5.74, 6) is -7.69. The van der Waals surface area contributed by atoms with E-state index < -0.39 is 65.1 Å². The largest absolute Gasteiger partial charge is 0.469 e. The van der Waals surface area contributed by atoms with Crippen molar-refractivity contribution in [2.45, 2.75) is 37.5 Å². The summed E-state index contributed by atoms with van der Waals surface area (Å²) < 4.78 is 88.3. The highest BCUT2D eigenvalue weighted by Crippen LogP contribution is 2.57. The van der Waals surface area contributed by atoms with Crippen molar-refractivity contribution >= 4 is 17.8 Å². The molecule has 2 aliphatic heterocycles. The Morgan fingerprint density at radius 2 is 1.73 bits per heavy atom. The number of rotatable bonds is 3. The Kier molecular flexibility index (Phi) is 4.53. The Labute approximate surface area is 142 Å². The summed E-state index contributed by atoms with van der Waals surface area (Å²) in [5.41, 5.74) is -5.21. The van der Waals surface area contributed by atoms with Gasteiger partial charge in [0.15, 0.2) is 0 Å². The minimum atomic E-state index is -6.15. The summed E-state index contributed by atoms with van der Waals surface area (Å²) in [6.45, 7) is 4.58. The number of cyclic esters (lactones) is 1. The number of nitrogens with zero attached hydrogens (tertiary/aromatic N) is 1. The number of carbonyl (C=O) groups excluding carboxylic acids is 3. The van der Waals surface area contributed by atoms with E-state index in [4.69, 9.17) is 0 Å². The smallest absolute Gasteiger partial charge is 0.458 e. The van der Waals surface area contributed by atoms with Gasteiger partial charge in [0.2, 0.25) is 5.91 Å². The first-order chi connectivity index (χ1) is 11.7. The molecule has 0 aromatic carbocycles. The molecular formula is C14H13F6NO5. The molecule has 6 nitrogen and oxygen atoms in total. The monoisotopic (exact) mass is 389 g/mol. The second-order valence-electron chi connectivity index (χ2n) is 5.98. The third-order valence-electron chi connectivity index (χ3n) is 4.37. The highest BCUT2D eigenvalue weighted by Gasteiger charge is 2.85. The number of amides is 1. The average molecular weight is 389 g/mol. The summed E-state index contributed by atoms with van der Waals surface area (Å²) in [6.07, 6.45) is -13.1. The predicted molar refractivity (Wildman–Crippen MR) is 70.0 cm³/mol. The molecule has 2 heterocycles. The topological polar surface area (TPSA) is 72.9 Å². The fourth-order valence-electron chi connectivity index (χ4n) is 3.36. The van der Waals surface area contributed by atoms with Crippen LogP contribution in [0.1, 0.15) is 13.3 Å². The van der Waals surface area contributed by atoms with Crippen molar-refractivity contribution in [3.8, 4) is 0 Å². The van der Waals surface area contributed by atoms with Gasteiger partial charge in [-0.1, -0.05) is 12.2 Å². The Hall–Kier alpha value is -2.27. The zero-order valence-electron chi connectivity index (χ0n) is 13.4. The van der Waals surface area contributed by atoms with Crippen LogP contribution >= 0.6 is 0 Å². The number of esters is 2. The maximum absolute atomic E-state index is 13.4. The summed E-state index contributed by atoms with van der Waals surface area (Å²) in [4.78, 5) is 35.3. The SMILES string of the molecule is C=C(C)C1C(=O)N2C(C(=O)OC2(C(F)(F)F)C(F)(F)F)C1CC(=O)OC. The van der Waals surface area contributed by atoms with Crippen LogP contribution in [-0.4, -0.2) is 54.0 Å². The first-order valence-corrected chi connectivity index (χ1v) is 7.12. The van der Waals surface area contributed by atoms with Crippen LogP contribution in [0.4, 0.5) is 26.3 Å². The zero-order chi connectivity index (χ0) is 20.2. The number of hydrogen-bond acceptors (Lipinski definition) is 5.